The molecule has 0 bridgehead atoms. The number of benzene rings is 5. The number of hydrogen-bond donors (Lipinski definition) is 0. The molecule has 41 heavy (non-hydrogen) atoms. The van der Waals surface area contributed by atoms with Gasteiger partial charge in [-0.25, -0.2) is 15.0 Å². The summed E-state index contributed by atoms with van der Waals surface area (Å²) in [6.07, 6.45) is 6.48. The van der Waals surface area contributed by atoms with Crippen molar-refractivity contribution in [3.8, 4) is 45.3 Å². The number of allylic oxidation sites excluding steroid dienone is 1. The van der Waals surface area contributed by atoms with Crippen molar-refractivity contribution in [3.63, 3.8) is 0 Å². The third-order valence-corrected chi connectivity index (χ3v) is 7.79. The summed E-state index contributed by atoms with van der Waals surface area (Å²) in [5, 5.41) is 2.27. The molecule has 0 amide bonds. The monoisotopic (exact) mass is 527 g/mol. The molecule has 2 heterocycles. The van der Waals surface area contributed by atoms with Crippen molar-refractivity contribution in [2.24, 2.45) is 0 Å². The van der Waals surface area contributed by atoms with Crippen LogP contribution in [0.4, 0.5) is 0 Å². The zero-order chi connectivity index (χ0) is 27.2. The average Bonchev–Trinajstić information content (AvgIpc) is 3.44. The smallest absolute Gasteiger partial charge is 0.164 e. The Morgan fingerprint density at radius 2 is 1.17 bits per heavy atom. The molecule has 5 aromatic carbocycles. The molecule has 0 spiro atoms. The standard InChI is InChI=1S/C37H25N3O/c1-3-12-24(13-4-1)35-38-36(25-14-5-2-6-15-25)40-37(39-35)27-22-26-16-7-8-17-28(26)31(23-27)29-19-11-21-33-34(29)30-18-9-10-20-32(30)41-33/h1-7,9-16,18-23H,8,17H2. The van der Waals surface area contributed by atoms with Gasteiger partial charge in [0.05, 0.1) is 0 Å². The fourth-order valence-corrected chi connectivity index (χ4v) is 5.87. The van der Waals surface area contributed by atoms with Crippen LogP contribution in [-0.4, -0.2) is 15.0 Å². The van der Waals surface area contributed by atoms with E-state index >= 15 is 0 Å². The van der Waals surface area contributed by atoms with Gasteiger partial charge < -0.3 is 4.42 Å². The van der Waals surface area contributed by atoms with Gasteiger partial charge in [0.1, 0.15) is 11.2 Å². The normalized spacial score (nSPS) is 12.6. The lowest BCUT2D eigenvalue weighted by atomic mass is 9.86. The van der Waals surface area contributed by atoms with Crippen LogP contribution in [0, 0.1) is 0 Å². The molecule has 194 valence electrons. The molecule has 0 unspecified atom stereocenters. The minimum Gasteiger partial charge on any atom is -0.456 e. The second-order valence-corrected chi connectivity index (χ2v) is 10.3. The van der Waals surface area contributed by atoms with Crippen LogP contribution in [0.2, 0.25) is 0 Å². The van der Waals surface area contributed by atoms with E-state index in [0.29, 0.717) is 17.5 Å². The topological polar surface area (TPSA) is 51.8 Å². The molecule has 0 saturated heterocycles. The lowest BCUT2D eigenvalue weighted by Crippen LogP contribution is -2.03. The number of aromatic nitrogens is 3. The lowest BCUT2D eigenvalue weighted by molar-refractivity contribution is 0.669. The van der Waals surface area contributed by atoms with Crippen LogP contribution in [0.3, 0.4) is 0 Å². The summed E-state index contributed by atoms with van der Waals surface area (Å²) in [4.78, 5) is 14.9. The van der Waals surface area contributed by atoms with Gasteiger partial charge in [-0.15, -0.1) is 0 Å². The Kier molecular flexibility index (Phi) is 5.56. The van der Waals surface area contributed by atoms with Crippen LogP contribution in [0.1, 0.15) is 17.5 Å². The maximum atomic E-state index is 6.26. The second-order valence-electron chi connectivity index (χ2n) is 10.3. The van der Waals surface area contributed by atoms with Crippen LogP contribution in [0.5, 0.6) is 0 Å². The van der Waals surface area contributed by atoms with Gasteiger partial charge in [0.2, 0.25) is 0 Å². The minimum atomic E-state index is 0.657. The van der Waals surface area contributed by atoms with Gasteiger partial charge in [-0.2, -0.15) is 0 Å². The van der Waals surface area contributed by atoms with Gasteiger partial charge in [-0.3, -0.25) is 0 Å². The predicted octanol–water partition coefficient (Wildman–Crippen LogP) is 9.40. The molecule has 0 atom stereocenters. The predicted molar refractivity (Wildman–Crippen MR) is 166 cm³/mol. The molecule has 0 fully saturated rings. The van der Waals surface area contributed by atoms with E-state index in [4.69, 9.17) is 19.4 Å². The zero-order valence-corrected chi connectivity index (χ0v) is 22.3. The summed E-state index contributed by atoms with van der Waals surface area (Å²) in [6.45, 7) is 0. The van der Waals surface area contributed by atoms with E-state index in [1.54, 1.807) is 0 Å². The Labute approximate surface area is 237 Å². The highest BCUT2D eigenvalue weighted by Crippen LogP contribution is 2.41. The molecule has 0 aliphatic heterocycles. The van der Waals surface area contributed by atoms with E-state index in [0.717, 1.165) is 51.5 Å². The minimum absolute atomic E-state index is 0.657. The number of rotatable bonds is 4. The Hall–Kier alpha value is -5.35. The van der Waals surface area contributed by atoms with Crippen LogP contribution in [0.15, 0.2) is 126 Å². The van der Waals surface area contributed by atoms with Crippen molar-refractivity contribution in [2.45, 2.75) is 12.8 Å². The average molecular weight is 528 g/mol. The molecule has 4 heteroatoms. The summed E-state index contributed by atoms with van der Waals surface area (Å²) in [6, 6.07) is 39.3. The molecule has 0 saturated carbocycles. The van der Waals surface area contributed by atoms with Crippen molar-refractivity contribution in [3.05, 3.63) is 132 Å². The molecule has 2 aromatic heterocycles. The first-order valence-corrected chi connectivity index (χ1v) is 13.9. The highest BCUT2D eigenvalue weighted by atomic mass is 16.3. The van der Waals surface area contributed by atoms with E-state index in [1.807, 2.05) is 72.8 Å². The number of nitrogens with zero attached hydrogens (tertiary/aromatic N) is 3. The largest absolute Gasteiger partial charge is 0.456 e. The zero-order valence-electron chi connectivity index (χ0n) is 22.3. The van der Waals surface area contributed by atoms with Crippen LogP contribution < -0.4 is 0 Å². The molecule has 7 aromatic rings. The van der Waals surface area contributed by atoms with Crippen molar-refractivity contribution in [1.82, 2.24) is 15.0 Å². The molecule has 1 aliphatic carbocycles. The quantitative estimate of drug-likeness (QED) is 0.229. The maximum absolute atomic E-state index is 6.26. The highest BCUT2D eigenvalue weighted by Gasteiger charge is 2.20. The van der Waals surface area contributed by atoms with Crippen LogP contribution in [0.25, 0.3) is 73.3 Å². The molecular formula is C37H25N3O. The fraction of sp³-hybridized carbons (Fsp3) is 0.0541. The molecule has 4 nitrogen and oxygen atoms in total. The number of furan rings is 1. The summed E-state index contributed by atoms with van der Waals surface area (Å²) in [5.41, 5.74) is 9.59. The van der Waals surface area contributed by atoms with Crippen molar-refractivity contribution in [2.75, 3.05) is 0 Å². The van der Waals surface area contributed by atoms with E-state index in [9.17, 15) is 0 Å². The van der Waals surface area contributed by atoms with E-state index in [2.05, 4.69) is 54.6 Å². The molecular weight excluding hydrogens is 502 g/mol. The van der Waals surface area contributed by atoms with Crippen molar-refractivity contribution >= 4 is 28.0 Å². The fourth-order valence-electron chi connectivity index (χ4n) is 5.87. The third-order valence-electron chi connectivity index (χ3n) is 7.79. The first-order valence-electron chi connectivity index (χ1n) is 13.9. The Morgan fingerprint density at radius 1 is 0.537 bits per heavy atom. The summed E-state index contributed by atoms with van der Waals surface area (Å²) >= 11 is 0. The van der Waals surface area contributed by atoms with E-state index in [-0.39, 0.29) is 0 Å². The number of para-hydroxylation sites is 1. The van der Waals surface area contributed by atoms with Gasteiger partial charge in [0, 0.05) is 27.5 Å². The van der Waals surface area contributed by atoms with Crippen LogP contribution in [-0.2, 0) is 6.42 Å². The first-order chi connectivity index (χ1) is 20.3. The van der Waals surface area contributed by atoms with Gasteiger partial charge in [-0.05, 0) is 59.4 Å². The maximum Gasteiger partial charge on any atom is 0.164 e. The van der Waals surface area contributed by atoms with E-state index < -0.39 is 0 Å². The van der Waals surface area contributed by atoms with Gasteiger partial charge in [0.15, 0.2) is 17.5 Å². The van der Waals surface area contributed by atoms with Gasteiger partial charge >= 0.3 is 0 Å². The SMILES string of the molecule is C1=Cc2cc(-c3nc(-c4ccccc4)nc(-c4ccccc4)n3)cc(-c3cccc4oc5ccccc5c34)c2CC1. The summed E-state index contributed by atoms with van der Waals surface area (Å²) in [7, 11) is 0. The first kappa shape index (κ1) is 23.5. The third kappa shape index (κ3) is 4.12. The Balaban J connectivity index is 1.39. The highest BCUT2D eigenvalue weighted by molar-refractivity contribution is 6.13. The molecule has 0 N–H and O–H groups in total. The molecule has 0 radical (unpaired) electrons. The Bertz CT molecular complexity index is 2040. The molecule has 1 aliphatic rings. The van der Waals surface area contributed by atoms with E-state index in [1.165, 1.54) is 22.3 Å². The molecule has 8 rings (SSSR count). The van der Waals surface area contributed by atoms with Gasteiger partial charge in [0.25, 0.3) is 0 Å². The van der Waals surface area contributed by atoms with Gasteiger partial charge in [-0.1, -0.05) is 103 Å². The Morgan fingerprint density at radius 3 is 1.90 bits per heavy atom. The summed E-state index contributed by atoms with van der Waals surface area (Å²) < 4.78 is 6.26. The second kappa shape index (κ2) is 9.68. The summed E-state index contributed by atoms with van der Waals surface area (Å²) in [5.74, 6) is 1.98. The number of hydrogen-bond acceptors (Lipinski definition) is 4. The number of fused-ring (bicyclic) bond motifs is 4. The van der Waals surface area contributed by atoms with Crippen molar-refractivity contribution in [1.29, 1.82) is 0 Å². The lowest BCUT2D eigenvalue weighted by Gasteiger charge is -2.19. The van der Waals surface area contributed by atoms with Crippen molar-refractivity contribution < 1.29 is 4.42 Å². The van der Waals surface area contributed by atoms with Crippen LogP contribution >= 0.6 is 0 Å².